The Labute approximate surface area is 164 Å². The highest BCUT2D eigenvalue weighted by Gasteiger charge is 2.23. The molecule has 1 aliphatic heterocycles. The molecule has 1 aromatic heterocycles. The van der Waals surface area contributed by atoms with E-state index >= 15 is 0 Å². The Balaban J connectivity index is 1.40. The lowest BCUT2D eigenvalue weighted by atomic mass is 10.1. The van der Waals surface area contributed by atoms with Gasteiger partial charge in [0, 0.05) is 43.2 Å². The second kappa shape index (κ2) is 7.99. The highest BCUT2D eigenvalue weighted by Crippen LogP contribution is 2.27. The van der Waals surface area contributed by atoms with Crippen molar-refractivity contribution in [1.29, 1.82) is 0 Å². The average molecular weight is 384 g/mol. The number of hydrogen-bond acceptors (Lipinski definition) is 5. The molecule has 26 heavy (non-hydrogen) atoms. The number of hydrogen-bond donors (Lipinski definition) is 0. The Morgan fingerprint density at radius 1 is 1.19 bits per heavy atom. The van der Waals surface area contributed by atoms with E-state index in [0.29, 0.717) is 11.3 Å². The monoisotopic (exact) mass is 383 g/mol. The number of nitrogens with zero attached hydrogens (tertiary/aromatic N) is 3. The van der Waals surface area contributed by atoms with Crippen LogP contribution in [0.5, 0.6) is 0 Å². The van der Waals surface area contributed by atoms with Crippen molar-refractivity contribution in [3.63, 3.8) is 0 Å². The van der Waals surface area contributed by atoms with Crippen LogP contribution < -0.4 is 0 Å². The summed E-state index contributed by atoms with van der Waals surface area (Å²) in [6, 6.07) is 7.17. The average Bonchev–Trinajstić information content (AvgIpc) is 3.03. The normalized spacial score (nSPS) is 22.5. The molecule has 2 unspecified atom stereocenters. The van der Waals surface area contributed by atoms with Gasteiger partial charge in [-0.1, -0.05) is 24.3 Å². The van der Waals surface area contributed by atoms with E-state index in [1.54, 1.807) is 11.3 Å². The molecule has 0 N–H and O–H groups in total. The van der Waals surface area contributed by atoms with Crippen molar-refractivity contribution >= 4 is 33.3 Å². The summed E-state index contributed by atoms with van der Waals surface area (Å²) in [6.07, 6.45) is 13.5. The maximum Gasteiger partial charge on any atom is 0.0815 e. The van der Waals surface area contributed by atoms with Gasteiger partial charge in [-0.2, -0.15) is 11.8 Å². The first kappa shape index (κ1) is 17.8. The fourth-order valence-electron chi connectivity index (χ4n) is 3.66. The highest BCUT2D eigenvalue weighted by molar-refractivity contribution is 7.99. The molecule has 1 aliphatic carbocycles. The Hall–Kier alpha value is -1.56. The number of thioether (sulfide) groups is 1. The van der Waals surface area contributed by atoms with Crippen LogP contribution in [0.15, 0.2) is 59.8 Å². The van der Waals surface area contributed by atoms with E-state index < -0.39 is 0 Å². The summed E-state index contributed by atoms with van der Waals surface area (Å²) in [5, 5.41) is 0.491. The Morgan fingerprint density at radius 2 is 2.04 bits per heavy atom. The second-order valence-corrected chi connectivity index (χ2v) is 8.72. The zero-order valence-corrected chi connectivity index (χ0v) is 17.0. The van der Waals surface area contributed by atoms with Gasteiger partial charge in [-0.3, -0.25) is 4.90 Å². The van der Waals surface area contributed by atoms with Crippen LogP contribution in [0.1, 0.15) is 18.5 Å². The molecule has 2 heterocycles. The molecule has 2 atom stereocenters. The van der Waals surface area contributed by atoms with Crippen LogP contribution in [0.2, 0.25) is 0 Å². The Morgan fingerprint density at radius 3 is 2.85 bits per heavy atom. The molecule has 3 nitrogen and oxygen atoms in total. The minimum absolute atomic E-state index is 0.433. The molecule has 0 bridgehead atoms. The Bertz CT molecular complexity index is 844. The van der Waals surface area contributed by atoms with Crippen LogP contribution in [-0.4, -0.2) is 52.5 Å². The van der Waals surface area contributed by atoms with Gasteiger partial charge in [0.2, 0.25) is 0 Å². The van der Waals surface area contributed by atoms with Crippen LogP contribution in [-0.2, 0) is 0 Å². The third kappa shape index (κ3) is 3.75. The van der Waals surface area contributed by atoms with Crippen molar-refractivity contribution in [3.05, 3.63) is 65.4 Å². The first-order chi connectivity index (χ1) is 12.7. The zero-order valence-electron chi connectivity index (χ0n) is 15.3. The number of aromatic nitrogens is 1. The van der Waals surface area contributed by atoms with Gasteiger partial charge in [-0.25, -0.2) is 4.98 Å². The van der Waals surface area contributed by atoms with Crippen LogP contribution in [0.3, 0.4) is 0 Å². The molecule has 0 radical (unpaired) electrons. The van der Waals surface area contributed by atoms with Crippen LogP contribution in [0.25, 0.3) is 10.2 Å². The molecule has 4 rings (SSSR count). The summed E-state index contributed by atoms with van der Waals surface area (Å²) in [4.78, 5) is 9.57. The van der Waals surface area contributed by atoms with Gasteiger partial charge < -0.3 is 4.90 Å². The van der Waals surface area contributed by atoms with E-state index in [2.05, 4.69) is 76.5 Å². The fraction of sp³-hybridized carbons (Fsp3) is 0.381. The number of rotatable bonds is 4. The van der Waals surface area contributed by atoms with Gasteiger partial charge in [0.25, 0.3) is 0 Å². The van der Waals surface area contributed by atoms with Crippen molar-refractivity contribution in [1.82, 2.24) is 14.8 Å². The second-order valence-electron chi connectivity index (χ2n) is 6.81. The third-order valence-corrected chi connectivity index (χ3v) is 7.03. The van der Waals surface area contributed by atoms with Crippen molar-refractivity contribution in [2.75, 3.05) is 32.4 Å². The van der Waals surface area contributed by atoms with Crippen molar-refractivity contribution < 1.29 is 0 Å². The van der Waals surface area contributed by atoms with Gasteiger partial charge in [-0.05, 0) is 43.0 Å². The van der Waals surface area contributed by atoms with Gasteiger partial charge in [0.05, 0.1) is 15.7 Å². The predicted molar refractivity (Wildman–Crippen MR) is 115 cm³/mol. The smallest absolute Gasteiger partial charge is 0.0815 e. The van der Waals surface area contributed by atoms with E-state index in [4.69, 9.17) is 0 Å². The molecule has 2 aliphatic rings. The highest BCUT2D eigenvalue weighted by atomic mass is 32.2. The minimum atomic E-state index is 0.433. The summed E-state index contributed by atoms with van der Waals surface area (Å²) < 4.78 is 1.27. The molecule has 1 fully saturated rings. The van der Waals surface area contributed by atoms with E-state index in [1.807, 2.05) is 17.3 Å². The van der Waals surface area contributed by atoms with Crippen molar-refractivity contribution in [3.8, 4) is 0 Å². The molecule has 136 valence electrons. The topological polar surface area (TPSA) is 19.4 Å². The van der Waals surface area contributed by atoms with Crippen LogP contribution >= 0.6 is 23.1 Å². The summed E-state index contributed by atoms with van der Waals surface area (Å²) in [7, 11) is 0. The third-order valence-electron chi connectivity index (χ3n) is 5.36. The maximum atomic E-state index is 4.47. The van der Waals surface area contributed by atoms with Crippen molar-refractivity contribution in [2.45, 2.75) is 18.2 Å². The number of allylic oxidation sites excluding steroid dienone is 3. The molecule has 0 spiro atoms. The maximum absolute atomic E-state index is 4.47. The molecule has 0 saturated carbocycles. The molecule has 2 aromatic rings. The van der Waals surface area contributed by atoms with E-state index in [0.717, 1.165) is 31.7 Å². The van der Waals surface area contributed by atoms with Crippen LogP contribution in [0, 0.1) is 0 Å². The molecule has 5 heteroatoms. The number of benzene rings is 1. The first-order valence-corrected chi connectivity index (χ1v) is 11.3. The summed E-state index contributed by atoms with van der Waals surface area (Å²) in [6.45, 7) is 6.67. The summed E-state index contributed by atoms with van der Waals surface area (Å²) in [5.74, 6) is 0. The Kier molecular flexibility index (Phi) is 5.48. The molecule has 0 amide bonds. The van der Waals surface area contributed by atoms with Crippen LogP contribution in [0.4, 0.5) is 0 Å². The predicted octanol–water partition coefficient (Wildman–Crippen LogP) is 4.72. The first-order valence-electron chi connectivity index (χ1n) is 9.16. The lowest BCUT2D eigenvalue weighted by Gasteiger charge is -2.39. The summed E-state index contributed by atoms with van der Waals surface area (Å²) >= 11 is 3.58. The largest absolute Gasteiger partial charge is 0.369 e. The number of piperazine rings is 1. The van der Waals surface area contributed by atoms with E-state index in [9.17, 15) is 0 Å². The van der Waals surface area contributed by atoms with Gasteiger partial charge in [0.15, 0.2) is 0 Å². The fourth-order valence-corrected chi connectivity index (χ4v) is 4.80. The SMILES string of the molecule is CSC1C=CC=C(N2CCN(C(C)c3ccc4scnc4c3)CC2)C=C1. The quantitative estimate of drug-likeness (QED) is 0.761. The van der Waals surface area contributed by atoms with Gasteiger partial charge in [0.1, 0.15) is 0 Å². The lowest BCUT2D eigenvalue weighted by molar-refractivity contribution is 0.125. The standard InChI is InChI=1S/C21H25N3S2/c1-16(17-6-9-21-20(14-17)22-15-26-21)23-10-12-24(13-11-23)18-4-3-5-19(25-2)8-7-18/h3-9,14-16,19H,10-13H2,1-2H3. The molecule has 1 saturated heterocycles. The lowest BCUT2D eigenvalue weighted by Crippen LogP contribution is -2.46. The molecule has 1 aromatic carbocycles. The minimum Gasteiger partial charge on any atom is -0.369 e. The number of fused-ring (bicyclic) bond motifs is 1. The molecular weight excluding hydrogens is 358 g/mol. The van der Waals surface area contributed by atoms with Crippen molar-refractivity contribution in [2.24, 2.45) is 0 Å². The van der Waals surface area contributed by atoms with E-state index in [-0.39, 0.29) is 0 Å². The van der Waals surface area contributed by atoms with Gasteiger partial charge >= 0.3 is 0 Å². The zero-order chi connectivity index (χ0) is 17.9. The number of thiazole rings is 1. The molecular formula is C21H25N3S2. The van der Waals surface area contributed by atoms with E-state index in [1.165, 1.54) is 16.0 Å². The summed E-state index contributed by atoms with van der Waals surface area (Å²) in [5.41, 5.74) is 5.77. The van der Waals surface area contributed by atoms with Gasteiger partial charge in [-0.15, -0.1) is 11.3 Å².